The Kier molecular flexibility index (Phi) is 4.75. The van der Waals surface area contributed by atoms with Crippen molar-refractivity contribution < 1.29 is 22.7 Å². The molecule has 1 aromatic heterocycles. The van der Waals surface area contributed by atoms with Crippen molar-refractivity contribution in [2.24, 2.45) is 14.1 Å². The molecule has 10 heteroatoms. The van der Waals surface area contributed by atoms with Gasteiger partial charge in [0.2, 0.25) is 16.6 Å². The van der Waals surface area contributed by atoms with E-state index in [4.69, 9.17) is 9.47 Å². The SMILES string of the molecule is Cn1c(=O)n(C)c2cc(S(=O)(=O)c3ccccc3)c(NC(=O)c3ccc4c(c3)OCO4)cc21. The molecule has 0 unspecified atom stereocenters. The summed E-state index contributed by atoms with van der Waals surface area (Å²) >= 11 is 0. The maximum Gasteiger partial charge on any atom is 0.328 e. The van der Waals surface area contributed by atoms with E-state index in [1.165, 1.54) is 39.5 Å². The highest BCUT2D eigenvalue weighted by atomic mass is 32.2. The first-order valence-corrected chi connectivity index (χ1v) is 11.5. The number of rotatable bonds is 4. The predicted octanol–water partition coefficient (Wildman–Crippen LogP) is 2.69. The zero-order valence-electron chi connectivity index (χ0n) is 17.7. The lowest BCUT2D eigenvalue weighted by atomic mass is 10.2. The van der Waals surface area contributed by atoms with Crippen LogP contribution in [0, 0.1) is 0 Å². The van der Waals surface area contributed by atoms with Gasteiger partial charge < -0.3 is 14.8 Å². The van der Waals surface area contributed by atoms with Gasteiger partial charge in [-0.25, -0.2) is 13.2 Å². The fourth-order valence-electron chi connectivity index (χ4n) is 3.80. The summed E-state index contributed by atoms with van der Waals surface area (Å²) in [5.41, 5.74) is 0.931. The molecule has 2 heterocycles. The molecule has 4 aromatic rings. The molecular formula is C23H19N3O6S. The molecule has 1 N–H and O–H groups in total. The van der Waals surface area contributed by atoms with Gasteiger partial charge in [0.05, 0.1) is 26.5 Å². The monoisotopic (exact) mass is 465 g/mol. The summed E-state index contributed by atoms with van der Waals surface area (Å²) in [6.07, 6.45) is 0. The second kappa shape index (κ2) is 7.52. The third-order valence-corrected chi connectivity index (χ3v) is 7.41. The lowest BCUT2D eigenvalue weighted by Crippen LogP contribution is -2.19. The normalized spacial score (nSPS) is 12.8. The van der Waals surface area contributed by atoms with Crippen LogP contribution in [0.25, 0.3) is 11.0 Å². The van der Waals surface area contributed by atoms with E-state index in [0.29, 0.717) is 22.5 Å². The molecule has 33 heavy (non-hydrogen) atoms. The van der Waals surface area contributed by atoms with Crippen LogP contribution in [-0.2, 0) is 23.9 Å². The lowest BCUT2D eigenvalue weighted by molar-refractivity contribution is 0.102. The number of carbonyl (C=O) groups excluding carboxylic acids is 1. The summed E-state index contributed by atoms with van der Waals surface area (Å²) in [5.74, 6) is 0.429. The predicted molar refractivity (Wildman–Crippen MR) is 121 cm³/mol. The number of imidazole rings is 1. The van der Waals surface area contributed by atoms with E-state index in [0.717, 1.165) is 0 Å². The van der Waals surface area contributed by atoms with Crippen LogP contribution in [0.3, 0.4) is 0 Å². The Bertz CT molecular complexity index is 1590. The van der Waals surface area contributed by atoms with Gasteiger partial charge in [-0.05, 0) is 42.5 Å². The number of carbonyl (C=O) groups is 1. The average molecular weight is 465 g/mol. The van der Waals surface area contributed by atoms with E-state index in [-0.39, 0.29) is 33.5 Å². The van der Waals surface area contributed by atoms with E-state index in [9.17, 15) is 18.0 Å². The van der Waals surface area contributed by atoms with E-state index in [1.54, 1.807) is 44.4 Å². The van der Waals surface area contributed by atoms with Gasteiger partial charge in [0, 0.05) is 19.7 Å². The Hall–Kier alpha value is -4.05. The van der Waals surface area contributed by atoms with E-state index < -0.39 is 15.7 Å². The minimum Gasteiger partial charge on any atom is -0.454 e. The lowest BCUT2D eigenvalue weighted by Gasteiger charge is -2.13. The molecule has 168 valence electrons. The molecule has 0 atom stereocenters. The molecule has 0 saturated heterocycles. The van der Waals surface area contributed by atoms with E-state index in [2.05, 4.69) is 5.32 Å². The first-order chi connectivity index (χ1) is 15.8. The number of ether oxygens (including phenoxy) is 2. The Morgan fingerprint density at radius 1 is 0.909 bits per heavy atom. The zero-order valence-corrected chi connectivity index (χ0v) is 18.5. The number of anilines is 1. The number of sulfone groups is 1. The molecule has 0 fully saturated rings. The van der Waals surface area contributed by atoms with Gasteiger partial charge in [0.25, 0.3) is 5.91 Å². The van der Waals surface area contributed by atoms with Crippen molar-refractivity contribution in [3.8, 4) is 11.5 Å². The standard InChI is InChI=1S/C23H19N3O6S/c1-25-17-11-16(24-22(27)14-8-9-19-20(10-14)32-13-31-19)21(12-18(17)26(2)23(25)28)33(29,30)15-6-4-3-5-7-15/h3-12H,13H2,1-2H3,(H,24,27). The maximum atomic E-state index is 13.5. The van der Waals surface area contributed by atoms with Gasteiger partial charge in [-0.2, -0.15) is 0 Å². The number of fused-ring (bicyclic) bond motifs is 2. The van der Waals surface area contributed by atoms with Gasteiger partial charge in [0.1, 0.15) is 0 Å². The zero-order chi connectivity index (χ0) is 23.3. The van der Waals surface area contributed by atoms with Crippen molar-refractivity contribution in [3.63, 3.8) is 0 Å². The number of nitrogens with zero attached hydrogens (tertiary/aromatic N) is 2. The molecule has 0 spiro atoms. The van der Waals surface area contributed by atoms with E-state index >= 15 is 0 Å². The van der Waals surface area contributed by atoms with Crippen LogP contribution in [0.15, 0.2) is 75.2 Å². The molecule has 0 radical (unpaired) electrons. The summed E-state index contributed by atoms with van der Waals surface area (Å²) in [5, 5.41) is 2.70. The van der Waals surface area contributed by atoms with Crippen LogP contribution in [-0.4, -0.2) is 30.3 Å². The number of aryl methyl sites for hydroxylation is 2. The topological polar surface area (TPSA) is 109 Å². The van der Waals surface area contributed by atoms with Crippen molar-refractivity contribution in [1.82, 2.24) is 9.13 Å². The Morgan fingerprint density at radius 3 is 2.30 bits per heavy atom. The second-order valence-corrected chi connectivity index (χ2v) is 9.49. The van der Waals surface area contributed by atoms with E-state index in [1.807, 2.05) is 0 Å². The molecular weight excluding hydrogens is 446 g/mol. The fourth-order valence-corrected chi connectivity index (χ4v) is 5.24. The van der Waals surface area contributed by atoms with Crippen LogP contribution in [0.5, 0.6) is 11.5 Å². The quantitative estimate of drug-likeness (QED) is 0.496. The van der Waals surface area contributed by atoms with Gasteiger partial charge in [0.15, 0.2) is 11.5 Å². The number of amides is 1. The van der Waals surface area contributed by atoms with Crippen LogP contribution in [0.2, 0.25) is 0 Å². The van der Waals surface area contributed by atoms with Crippen LogP contribution in [0.1, 0.15) is 10.4 Å². The molecule has 5 rings (SSSR count). The van der Waals surface area contributed by atoms with Gasteiger partial charge in [-0.3, -0.25) is 13.9 Å². The summed E-state index contributed by atoms with van der Waals surface area (Å²) in [6, 6.07) is 15.5. The Balaban J connectivity index is 1.67. The van der Waals surface area contributed by atoms with Gasteiger partial charge >= 0.3 is 5.69 Å². The molecule has 1 amide bonds. The summed E-state index contributed by atoms with van der Waals surface area (Å²) in [4.78, 5) is 25.5. The number of nitrogens with one attached hydrogen (secondary N) is 1. The molecule has 1 aliphatic rings. The minimum absolute atomic E-state index is 0.0650. The third kappa shape index (κ3) is 3.35. The first kappa shape index (κ1) is 20.8. The van der Waals surface area contributed by atoms with Crippen LogP contribution in [0.4, 0.5) is 5.69 Å². The fraction of sp³-hybridized carbons (Fsp3) is 0.130. The average Bonchev–Trinajstić information content (AvgIpc) is 3.37. The molecule has 1 aliphatic heterocycles. The summed E-state index contributed by atoms with van der Waals surface area (Å²) in [6.45, 7) is 0.0680. The van der Waals surface area contributed by atoms with Crippen molar-refractivity contribution in [2.45, 2.75) is 9.79 Å². The number of benzene rings is 3. The molecule has 3 aromatic carbocycles. The smallest absolute Gasteiger partial charge is 0.328 e. The highest BCUT2D eigenvalue weighted by Crippen LogP contribution is 2.34. The van der Waals surface area contributed by atoms with Crippen molar-refractivity contribution in [1.29, 1.82) is 0 Å². The number of hydrogen-bond acceptors (Lipinski definition) is 6. The van der Waals surface area contributed by atoms with Crippen molar-refractivity contribution in [2.75, 3.05) is 12.1 Å². The largest absolute Gasteiger partial charge is 0.454 e. The number of aromatic nitrogens is 2. The third-order valence-electron chi connectivity index (χ3n) is 5.60. The second-order valence-electron chi connectivity index (χ2n) is 7.58. The molecule has 0 saturated carbocycles. The maximum absolute atomic E-state index is 13.5. The summed E-state index contributed by atoms with van der Waals surface area (Å²) < 4.78 is 40.3. The van der Waals surface area contributed by atoms with Crippen molar-refractivity contribution in [3.05, 3.63) is 76.7 Å². The van der Waals surface area contributed by atoms with Gasteiger partial charge in [-0.1, -0.05) is 18.2 Å². The van der Waals surface area contributed by atoms with Crippen LogP contribution >= 0.6 is 0 Å². The number of hydrogen-bond donors (Lipinski definition) is 1. The highest BCUT2D eigenvalue weighted by Gasteiger charge is 2.26. The highest BCUT2D eigenvalue weighted by molar-refractivity contribution is 7.91. The summed E-state index contributed by atoms with van der Waals surface area (Å²) in [7, 11) is -0.856. The Morgan fingerprint density at radius 2 is 1.58 bits per heavy atom. The molecule has 9 nitrogen and oxygen atoms in total. The van der Waals surface area contributed by atoms with Gasteiger partial charge in [-0.15, -0.1) is 0 Å². The molecule has 0 bridgehead atoms. The first-order valence-electron chi connectivity index (χ1n) is 9.98. The Labute approximate surface area is 188 Å². The molecule has 0 aliphatic carbocycles. The van der Waals surface area contributed by atoms with Crippen molar-refractivity contribution >= 4 is 32.5 Å². The van der Waals surface area contributed by atoms with Crippen LogP contribution < -0.4 is 20.5 Å². The minimum atomic E-state index is -4.00.